The number of anilines is 10. The molecule has 0 aromatic heterocycles. The molecule has 2 N–H and O–H groups in total. The molecular formula is C61H44N4. The SMILES string of the molecule is Nc1ccc2c(c1)C1(c3cc(N(c4ccccc4)c4ccccc4)ccc3-2)c2cc(N(c3ccccc3)c3ccccc3)ccc2-c2ccc(N(c3ccccc3)c3ccccc3)cc21. The first-order valence-electron chi connectivity index (χ1n) is 22.2. The summed E-state index contributed by atoms with van der Waals surface area (Å²) in [5, 5.41) is 0. The zero-order valence-electron chi connectivity index (χ0n) is 35.7. The lowest BCUT2D eigenvalue weighted by atomic mass is 9.70. The van der Waals surface area contributed by atoms with Crippen molar-refractivity contribution < 1.29 is 0 Å². The van der Waals surface area contributed by atoms with Crippen molar-refractivity contribution in [3.05, 3.63) is 277 Å². The molecule has 308 valence electrons. The summed E-state index contributed by atoms with van der Waals surface area (Å²) in [4.78, 5) is 7.11. The first kappa shape index (κ1) is 38.1. The van der Waals surface area contributed by atoms with Gasteiger partial charge in [0.25, 0.3) is 0 Å². The Labute approximate surface area is 380 Å². The van der Waals surface area contributed by atoms with Gasteiger partial charge in [-0.3, -0.25) is 0 Å². The van der Waals surface area contributed by atoms with E-state index in [1.165, 1.54) is 44.5 Å². The van der Waals surface area contributed by atoms with E-state index in [-0.39, 0.29) is 0 Å². The number of rotatable bonds is 9. The maximum atomic E-state index is 6.92. The van der Waals surface area contributed by atoms with Crippen molar-refractivity contribution in [2.45, 2.75) is 5.41 Å². The number of nitrogens with two attached hydrogens (primary N) is 1. The summed E-state index contributed by atoms with van der Waals surface area (Å²) in [7, 11) is 0. The second kappa shape index (κ2) is 15.6. The van der Waals surface area contributed by atoms with Gasteiger partial charge in [-0.25, -0.2) is 0 Å². The highest BCUT2D eigenvalue weighted by atomic mass is 15.2. The fourth-order valence-electron chi connectivity index (χ4n) is 10.4. The van der Waals surface area contributed by atoms with Crippen LogP contribution in [-0.4, -0.2) is 0 Å². The first-order valence-corrected chi connectivity index (χ1v) is 22.2. The molecule has 2 aliphatic rings. The quantitative estimate of drug-likeness (QED) is 0.147. The van der Waals surface area contributed by atoms with Crippen molar-refractivity contribution in [1.82, 2.24) is 0 Å². The Hall–Kier alpha value is -8.60. The monoisotopic (exact) mass is 832 g/mol. The van der Waals surface area contributed by atoms with Crippen LogP contribution < -0.4 is 20.4 Å². The molecule has 0 saturated heterocycles. The summed E-state index contributed by atoms with van der Waals surface area (Å²) >= 11 is 0. The lowest BCUT2D eigenvalue weighted by Crippen LogP contribution is -2.27. The summed E-state index contributed by atoms with van der Waals surface area (Å²) in [5.74, 6) is 0. The Bertz CT molecular complexity index is 2940. The zero-order chi connectivity index (χ0) is 43.3. The van der Waals surface area contributed by atoms with Gasteiger partial charge >= 0.3 is 0 Å². The number of para-hydroxylation sites is 6. The van der Waals surface area contributed by atoms with E-state index in [1.54, 1.807) is 0 Å². The van der Waals surface area contributed by atoms with E-state index in [0.29, 0.717) is 0 Å². The maximum Gasteiger partial charge on any atom is 0.0728 e. The largest absolute Gasteiger partial charge is 0.399 e. The second-order valence-corrected chi connectivity index (χ2v) is 16.8. The van der Waals surface area contributed by atoms with E-state index >= 15 is 0 Å². The van der Waals surface area contributed by atoms with Crippen LogP contribution in [0.5, 0.6) is 0 Å². The number of hydrogen-bond donors (Lipinski definition) is 1. The third-order valence-electron chi connectivity index (χ3n) is 13.1. The van der Waals surface area contributed by atoms with Crippen LogP contribution in [0.3, 0.4) is 0 Å². The van der Waals surface area contributed by atoms with Crippen LogP contribution in [0.1, 0.15) is 22.3 Å². The molecule has 4 heteroatoms. The van der Waals surface area contributed by atoms with Crippen molar-refractivity contribution in [2.75, 3.05) is 20.4 Å². The van der Waals surface area contributed by atoms with Crippen molar-refractivity contribution in [1.29, 1.82) is 0 Å². The average Bonchev–Trinajstić information content (AvgIpc) is 3.82. The molecule has 4 nitrogen and oxygen atoms in total. The van der Waals surface area contributed by atoms with Gasteiger partial charge in [0.2, 0.25) is 0 Å². The van der Waals surface area contributed by atoms with Gasteiger partial charge in [-0.2, -0.15) is 0 Å². The van der Waals surface area contributed by atoms with E-state index in [2.05, 4.69) is 269 Å². The van der Waals surface area contributed by atoms with E-state index in [9.17, 15) is 0 Å². The predicted molar refractivity (Wildman–Crippen MR) is 271 cm³/mol. The van der Waals surface area contributed by atoms with Gasteiger partial charge in [0.05, 0.1) is 5.41 Å². The molecule has 12 rings (SSSR count). The van der Waals surface area contributed by atoms with Crippen LogP contribution in [0.4, 0.5) is 56.9 Å². The molecular weight excluding hydrogens is 789 g/mol. The predicted octanol–water partition coefficient (Wildman–Crippen LogP) is 16.0. The second-order valence-electron chi connectivity index (χ2n) is 16.8. The highest BCUT2D eigenvalue weighted by Crippen LogP contribution is 2.65. The minimum atomic E-state index is -0.746. The fraction of sp³-hybridized carbons (Fsp3) is 0.0164. The number of benzene rings is 10. The summed E-state index contributed by atoms with van der Waals surface area (Å²) in [6.45, 7) is 0. The van der Waals surface area contributed by atoms with Gasteiger partial charge in [0, 0.05) is 56.9 Å². The van der Waals surface area contributed by atoms with Gasteiger partial charge in [-0.1, -0.05) is 133 Å². The highest BCUT2D eigenvalue weighted by Gasteiger charge is 2.52. The van der Waals surface area contributed by atoms with E-state index < -0.39 is 5.41 Å². The lowest BCUT2D eigenvalue weighted by molar-refractivity contribution is 0.794. The molecule has 0 amide bonds. The van der Waals surface area contributed by atoms with E-state index in [1.807, 2.05) is 0 Å². The van der Waals surface area contributed by atoms with Crippen LogP contribution in [0.25, 0.3) is 22.3 Å². The van der Waals surface area contributed by atoms with E-state index in [4.69, 9.17) is 5.73 Å². The third-order valence-corrected chi connectivity index (χ3v) is 13.1. The van der Waals surface area contributed by atoms with Crippen LogP contribution in [0.15, 0.2) is 255 Å². The molecule has 0 fully saturated rings. The Balaban J connectivity index is 1.17. The molecule has 0 saturated carbocycles. The Morgan fingerprint density at radius 3 is 0.723 bits per heavy atom. The number of hydrogen-bond acceptors (Lipinski definition) is 4. The van der Waals surface area contributed by atoms with Gasteiger partial charge in [0.15, 0.2) is 0 Å². The van der Waals surface area contributed by atoms with Crippen molar-refractivity contribution >= 4 is 56.9 Å². The summed E-state index contributed by atoms with van der Waals surface area (Å²) in [6, 6.07) is 91.8. The molecule has 0 aliphatic heterocycles. The Morgan fingerprint density at radius 2 is 0.462 bits per heavy atom. The molecule has 0 bridgehead atoms. The van der Waals surface area contributed by atoms with Gasteiger partial charge in [-0.15, -0.1) is 0 Å². The van der Waals surface area contributed by atoms with Crippen molar-refractivity contribution in [3.63, 3.8) is 0 Å². The number of nitrogens with zero attached hydrogens (tertiary/aromatic N) is 3. The molecule has 10 aromatic rings. The van der Waals surface area contributed by atoms with Crippen LogP contribution in [-0.2, 0) is 5.41 Å². The van der Waals surface area contributed by atoms with Gasteiger partial charge in [0.1, 0.15) is 0 Å². The van der Waals surface area contributed by atoms with Crippen LogP contribution in [0, 0.1) is 0 Å². The molecule has 65 heavy (non-hydrogen) atoms. The molecule has 0 unspecified atom stereocenters. The molecule has 0 heterocycles. The first-order chi connectivity index (χ1) is 32.2. The van der Waals surface area contributed by atoms with Crippen molar-refractivity contribution in [2.24, 2.45) is 0 Å². The lowest BCUT2D eigenvalue weighted by Gasteiger charge is -2.34. The summed E-state index contributed by atoms with van der Waals surface area (Å²) in [6.07, 6.45) is 0. The minimum absolute atomic E-state index is 0.735. The number of nitrogen functional groups attached to an aromatic ring is 1. The molecule has 0 atom stereocenters. The normalized spacial score (nSPS) is 12.5. The summed E-state index contributed by atoms with van der Waals surface area (Å²) in [5.41, 5.74) is 26.3. The highest BCUT2D eigenvalue weighted by molar-refractivity contribution is 5.99. The fourth-order valence-corrected chi connectivity index (χ4v) is 10.4. The maximum absolute atomic E-state index is 6.92. The van der Waals surface area contributed by atoms with E-state index in [0.717, 1.165) is 56.9 Å². The zero-order valence-corrected chi connectivity index (χ0v) is 35.7. The Kier molecular flexibility index (Phi) is 9.17. The standard InChI is InChI=1S/C61H44N4/c62-43-31-35-53-54-36-32-50(63(44-19-7-1-8-20-44)45-21-9-2-10-22-45)40-58(54)61(57(53)39-43)59-41-51(64(46-23-11-3-12-24-46)47-25-13-4-14-26-47)33-37-55(59)56-38-34-52(42-60(56)61)65(48-27-15-5-16-28-48)49-29-17-6-18-30-49/h1-42H,62H2. The smallest absolute Gasteiger partial charge is 0.0728 e. The number of fused-ring (bicyclic) bond motifs is 10. The average molecular weight is 833 g/mol. The topological polar surface area (TPSA) is 35.7 Å². The third kappa shape index (κ3) is 6.22. The van der Waals surface area contributed by atoms with Crippen LogP contribution in [0.2, 0.25) is 0 Å². The molecule has 10 aromatic carbocycles. The molecule has 1 spiro atoms. The van der Waals surface area contributed by atoms with Gasteiger partial charge < -0.3 is 20.4 Å². The van der Waals surface area contributed by atoms with Gasteiger partial charge in [-0.05, 0) is 166 Å². The van der Waals surface area contributed by atoms with Crippen LogP contribution >= 0.6 is 0 Å². The molecule has 0 radical (unpaired) electrons. The molecule has 2 aliphatic carbocycles. The van der Waals surface area contributed by atoms with Crippen molar-refractivity contribution in [3.8, 4) is 22.3 Å². The minimum Gasteiger partial charge on any atom is -0.399 e. The Morgan fingerprint density at radius 1 is 0.231 bits per heavy atom. The summed E-state index contributed by atoms with van der Waals surface area (Å²) < 4.78 is 0.